The molecule has 0 heterocycles. The second-order valence-corrected chi connectivity index (χ2v) is 7.13. The van der Waals surface area contributed by atoms with Crippen LogP contribution in [0.25, 0.3) is 11.6 Å². The highest BCUT2D eigenvalue weighted by Crippen LogP contribution is 2.26. The molecule has 3 aromatic rings. The number of nitrogens with one attached hydrogen (secondary N) is 1. The molecule has 1 N–H and O–H groups in total. The van der Waals surface area contributed by atoms with Crippen molar-refractivity contribution in [3.63, 3.8) is 0 Å². The van der Waals surface area contributed by atoms with E-state index in [4.69, 9.17) is 9.47 Å². The Hall–Kier alpha value is -4.53. The van der Waals surface area contributed by atoms with Crippen molar-refractivity contribution in [2.75, 3.05) is 12.4 Å². The van der Waals surface area contributed by atoms with Gasteiger partial charge in [-0.3, -0.25) is 14.9 Å². The minimum Gasteiger partial charge on any atom is -0.496 e. The molecule has 0 radical (unpaired) electrons. The van der Waals surface area contributed by atoms with E-state index in [0.29, 0.717) is 16.9 Å². The van der Waals surface area contributed by atoms with Crippen LogP contribution in [0.2, 0.25) is 0 Å². The Kier molecular flexibility index (Phi) is 7.71. The summed E-state index contributed by atoms with van der Waals surface area (Å²) in [5.41, 5.74) is 0.612. The fourth-order valence-electron chi connectivity index (χ4n) is 3.07. The number of para-hydroxylation sites is 1. The lowest BCUT2D eigenvalue weighted by molar-refractivity contribution is -0.387. The van der Waals surface area contributed by atoms with Crippen LogP contribution in [0.5, 0.6) is 5.75 Å². The average Bonchev–Trinajstić information content (AvgIpc) is 2.84. The van der Waals surface area contributed by atoms with E-state index in [9.17, 15) is 24.1 Å². The van der Waals surface area contributed by atoms with E-state index in [1.165, 1.54) is 20.1 Å². The first-order valence-electron chi connectivity index (χ1n) is 10.2. The SMILES string of the molecule is COc1ccccc1/C=C(/C(=O)OC(C)C(=O)Nc1ccc(F)c([N+](=O)[O-])c1)c1ccccc1. The van der Waals surface area contributed by atoms with Gasteiger partial charge in [0.25, 0.3) is 5.91 Å². The van der Waals surface area contributed by atoms with E-state index >= 15 is 0 Å². The second kappa shape index (κ2) is 10.9. The highest BCUT2D eigenvalue weighted by molar-refractivity contribution is 6.22. The molecule has 0 aliphatic carbocycles. The predicted molar refractivity (Wildman–Crippen MR) is 125 cm³/mol. The van der Waals surface area contributed by atoms with Crippen LogP contribution in [-0.2, 0) is 14.3 Å². The zero-order chi connectivity index (χ0) is 24.7. The molecule has 3 rings (SSSR count). The van der Waals surface area contributed by atoms with Gasteiger partial charge in [0.1, 0.15) is 5.75 Å². The number of methoxy groups -OCH3 is 1. The fraction of sp³-hybridized carbons (Fsp3) is 0.120. The molecule has 0 bridgehead atoms. The van der Waals surface area contributed by atoms with Crippen molar-refractivity contribution in [3.8, 4) is 5.75 Å². The number of amides is 1. The first-order valence-corrected chi connectivity index (χ1v) is 10.2. The van der Waals surface area contributed by atoms with Crippen molar-refractivity contribution in [3.05, 3.63) is 99.9 Å². The second-order valence-electron chi connectivity index (χ2n) is 7.13. The normalized spacial score (nSPS) is 11.9. The minimum absolute atomic E-state index is 0.00570. The van der Waals surface area contributed by atoms with Gasteiger partial charge in [-0.15, -0.1) is 0 Å². The number of esters is 1. The Labute approximate surface area is 194 Å². The van der Waals surface area contributed by atoms with Crippen molar-refractivity contribution < 1.29 is 28.4 Å². The molecule has 3 aromatic carbocycles. The van der Waals surface area contributed by atoms with Gasteiger partial charge in [0.2, 0.25) is 5.82 Å². The van der Waals surface area contributed by atoms with Gasteiger partial charge in [0, 0.05) is 17.3 Å². The van der Waals surface area contributed by atoms with Crippen molar-refractivity contribution >= 4 is 34.9 Å². The highest BCUT2D eigenvalue weighted by Gasteiger charge is 2.23. The van der Waals surface area contributed by atoms with E-state index in [2.05, 4.69) is 5.32 Å². The lowest BCUT2D eigenvalue weighted by atomic mass is 10.0. The van der Waals surface area contributed by atoms with E-state index in [1.54, 1.807) is 60.7 Å². The standard InChI is InChI=1S/C25H21FN2O6/c1-16(24(29)27-19-12-13-21(26)22(15-19)28(31)32)34-25(30)20(17-8-4-3-5-9-17)14-18-10-6-7-11-23(18)33-2/h3-16H,1-2H3,(H,27,29)/b20-14+. The number of hydrogen-bond acceptors (Lipinski definition) is 6. The smallest absolute Gasteiger partial charge is 0.339 e. The third-order valence-corrected chi connectivity index (χ3v) is 4.81. The summed E-state index contributed by atoms with van der Waals surface area (Å²) in [7, 11) is 1.51. The fourth-order valence-corrected chi connectivity index (χ4v) is 3.07. The third kappa shape index (κ3) is 5.83. The number of carbonyl (C=O) groups is 2. The molecule has 0 saturated carbocycles. The van der Waals surface area contributed by atoms with Crippen LogP contribution < -0.4 is 10.1 Å². The van der Waals surface area contributed by atoms with Gasteiger partial charge in [0.15, 0.2) is 6.10 Å². The van der Waals surface area contributed by atoms with Crippen molar-refractivity contribution in [1.29, 1.82) is 0 Å². The maximum atomic E-state index is 13.5. The Morgan fingerprint density at radius 3 is 2.41 bits per heavy atom. The summed E-state index contributed by atoms with van der Waals surface area (Å²) in [6, 6.07) is 18.8. The number of nitro benzene ring substituents is 1. The number of carbonyl (C=O) groups excluding carboxylic acids is 2. The maximum absolute atomic E-state index is 13.5. The Morgan fingerprint density at radius 1 is 1.06 bits per heavy atom. The molecule has 0 spiro atoms. The van der Waals surface area contributed by atoms with Gasteiger partial charge in [-0.25, -0.2) is 4.79 Å². The summed E-state index contributed by atoms with van der Waals surface area (Å²) in [5.74, 6) is -1.98. The number of halogens is 1. The molecule has 0 fully saturated rings. The summed E-state index contributed by atoms with van der Waals surface area (Å²) in [4.78, 5) is 35.6. The zero-order valence-corrected chi connectivity index (χ0v) is 18.4. The molecule has 0 aliphatic rings. The van der Waals surface area contributed by atoms with Gasteiger partial charge in [0.05, 0.1) is 17.6 Å². The monoisotopic (exact) mass is 464 g/mol. The quantitative estimate of drug-likeness (QED) is 0.168. The molecule has 1 amide bonds. The molecule has 0 saturated heterocycles. The number of anilines is 1. The van der Waals surface area contributed by atoms with Crippen molar-refractivity contribution in [2.24, 2.45) is 0 Å². The first kappa shape index (κ1) is 24.1. The summed E-state index contributed by atoms with van der Waals surface area (Å²) >= 11 is 0. The number of nitro groups is 1. The minimum atomic E-state index is -1.25. The Bertz CT molecular complexity index is 1240. The van der Waals surface area contributed by atoms with Gasteiger partial charge < -0.3 is 14.8 Å². The van der Waals surface area contributed by atoms with Gasteiger partial charge in [-0.05, 0) is 36.8 Å². The molecule has 0 aromatic heterocycles. The first-order chi connectivity index (χ1) is 16.3. The van der Waals surface area contributed by atoms with Crippen molar-refractivity contribution in [2.45, 2.75) is 13.0 Å². The van der Waals surface area contributed by atoms with Crippen LogP contribution in [0.3, 0.4) is 0 Å². The molecule has 0 aliphatic heterocycles. The average molecular weight is 464 g/mol. The lowest BCUT2D eigenvalue weighted by Gasteiger charge is -2.16. The van der Waals surface area contributed by atoms with E-state index in [0.717, 1.165) is 12.1 Å². The molecular formula is C25H21FN2O6. The Balaban J connectivity index is 1.82. The number of ether oxygens (including phenoxy) is 2. The number of benzene rings is 3. The summed E-state index contributed by atoms with van der Waals surface area (Å²) in [5, 5.41) is 13.3. The topological polar surface area (TPSA) is 108 Å². The molecule has 1 atom stereocenters. The van der Waals surface area contributed by atoms with E-state index in [1.807, 2.05) is 0 Å². The van der Waals surface area contributed by atoms with Gasteiger partial charge >= 0.3 is 11.7 Å². The summed E-state index contributed by atoms with van der Waals surface area (Å²) < 4.78 is 24.3. The van der Waals surface area contributed by atoms with Crippen LogP contribution in [0.4, 0.5) is 15.8 Å². The van der Waals surface area contributed by atoms with E-state index in [-0.39, 0.29) is 11.3 Å². The maximum Gasteiger partial charge on any atom is 0.339 e. The van der Waals surface area contributed by atoms with Crippen LogP contribution in [0.15, 0.2) is 72.8 Å². The Morgan fingerprint density at radius 2 is 1.74 bits per heavy atom. The number of hydrogen-bond donors (Lipinski definition) is 1. The van der Waals surface area contributed by atoms with Crippen LogP contribution in [-0.4, -0.2) is 30.0 Å². The molecule has 34 heavy (non-hydrogen) atoms. The lowest BCUT2D eigenvalue weighted by Crippen LogP contribution is -2.30. The molecule has 1 unspecified atom stereocenters. The summed E-state index contributed by atoms with van der Waals surface area (Å²) in [6.45, 7) is 1.36. The van der Waals surface area contributed by atoms with Gasteiger partial charge in [-0.2, -0.15) is 4.39 Å². The molecular weight excluding hydrogens is 443 g/mol. The van der Waals surface area contributed by atoms with Crippen LogP contribution >= 0.6 is 0 Å². The largest absolute Gasteiger partial charge is 0.496 e. The highest BCUT2D eigenvalue weighted by atomic mass is 19.1. The zero-order valence-electron chi connectivity index (χ0n) is 18.4. The van der Waals surface area contributed by atoms with Crippen LogP contribution in [0.1, 0.15) is 18.1 Å². The third-order valence-electron chi connectivity index (χ3n) is 4.81. The number of rotatable bonds is 8. The van der Waals surface area contributed by atoms with Crippen molar-refractivity contribution in [1.82, 2.24) is 0 Å². The molecule has 9 heteroatoms. The van der Waals surface area contributed by atoms with Gasteiger partial charge in [-0.1, -0.05) is 48.5 Å². The predicted octanol–water partition coefficient (Wildman–Crippen LogP) is 4.85. The summed E-state index contributed by atoms with van der Waals surface area (Å²) in [6.07, 6.45) is 0.353. The van der Waals surface area contributed by atoms with Crippen LogP contribution in [0, 0.1) is 15.9 Å². The van der Waals surface area contributed by atoms with E-state index < -0.39 is 34.4 Å². The number of nitrogens with zero attached hydrogens (tertiary/aromatic N) is 1. The molecule has 8 nitrogen and oxygen atoms in total. The molecule has 174 valence electrons.